The summed E-state index contributed by atoms with van der Waals surface area (Å²) in [4.78, 5) is 9.92. The molecule has 0 spiro atoms. The maximum absolute atomic E-state index is 13.2. The van der Waals surface area contributed by atoms with Crippen LogP contribution in [0.1, 0.15) is 26.7 Å². The Morgan fingerprint density at radius 2 is 1.83 bits per heavy atom. The van der Waals surface area contributed by atoms with E-state index in [4.69, 9.17) is 4.74 Å². The van der Waals surface area contributed by atoms with Crippen LogP contribution < -0.4 is 15.4 Å². The van der Waals surface area contributed by atoms with Crippen LogP contribution in [0, 0.1) is 19.7 Å². The molecule has 0 saturated carbocycles. The molecule has 0 amide bonds. The number of aryl methyl sites for hydroxylation is 2. The van der Waals surface area contributed by atoms with Crippen LogP contribution in [0.5, 0.6) is 5.75 Å². The number of guanidine groups is 1. The molecule has 1 heterocycles. The van der Waals surface area contributed by atoms with Gasteiger partial charge in [-0.2, -0.15) is 0 Å². The zero-order valence-corrected chi connectivity index (χ0v) is 17.6. The Morgan fingerprint density at radius 1 is 1.07 bits per heavy atom. The number of ether oxygens (including phenoxy) is 1. The number of rotatable bonds is 7. The maximum Gasteiger partial charge on any atom is 0.191 e. The molecule has 3 rings (SSSR count). The summed E-state index contributed by atoms with van der Waals surface area (Å²) in [5.41, 5.74) is 2.97. The van der Waals surface area contributed by atoms with Gasteiger partial charge in [0.2, 0.25) is 0 Å². The first-order valence-electron chi connectivity index (χ1n) is 9.37. The zero-order chi connectivity index (χ0) is 20.6. The minimum atomic E-state index is -0.254. The molecule has 152 valence electrons. The fraction of sp³-hybridized carbons (Fsp3) is 0.273. The molecule has 0 aliphatic rings. The van der Waals surface area contributed by atoms with Crippen molar-refractivity contribution < 1.29 is 9.13 Å². The fourth-order valence-corrected chi connectivity index (χ4v) is 3.68. The minimum absolute atomic E-state index is 0.254. The molecular formula is C22H25FN4OS. The Balaban J connectivity index is 1.46. The number of nitrogens with one attached hydrogen (secondary N) is 2. The van der Waals surface area contributed by atoms with E-state index in [1.807, 2.05) is 44.2 Å². The summed E-state index contributed by atoms with van der Waals surface area (Å²) in [7, 11) is 1.75. The molecule has 0 fully saturated rings. The predicted octanol–water partition coefficient (Wildman–Crippen LogP) is 4.34. The average molecular weight is 413 g/mol. The van der Waals surface area contributed by atoms with Crippen LogP contribution in [0.25, 0.3) is 0 Å². The molecule has 0 aliphatic carbocycles. The van der Waals surface area contributed by atoms with E-state index in [1.54, 1.807) is 24.5 Å². The molecule has 0 radical (unpaired) electrons. The van der Waals surface area contributed by atoms with Crippen LogP contribution >= 0.6 is 11.3 Å². The quantitative estimate of drug-likeness (QED) is 0.448. The molecule has 0 bridgehead atoms. The van der Waals surface area contributed by atoms with Gasteiger partial charge in [-0.3, -0.25) is 4.99 Å². The van der Waals surface area contributed by atoms with Crippen molar-refractivity contribution in [3.63, 3.8) is 0 Å². The van der Waals surface area contributed by atoms with Crippen molar-refractivity contribution in [1.29, 1.82) is 0 Å². The van der Waals surface area contributed by atoms with Crippen molar-refractivity contribution in [2.75, 3.05) is 7.05 Å². The lowest BCUT2D eigenvalue weighted by Crippen LogP contribution is -2.36. The summed E-state index contributed by atoms with van der Waals surface area (Å²) in [6, 6.07) is 14.2. The molecule has 0 aliphatic heterocycles. The highest BCUT2D eigenvalue weighted by atomic mass is 32.1. The van der Waals surface area contributed by atoms with Gasteiger partial charge in [0.05, 0.1) is 17.2 Å². The molecule has 3 aromatic rings. The van der Waals surface area contributed by atoms with Crippen LogP contribution in [0.15, 0.2) is 53.5 Å². The molecule has 5 nitrogen and oxygen atoms in total. The predicted molar refractivity (Wildman–Crippen MR) is 116 cm³/mol. The second-order valence-corrected chi connectivity index (χ2v) is 7.87. The van der Waals surface area contributed by atoms with Gasteiger partial charge in [0, 0.05) is 18.5 Å². The third kappa shape index (κ3) is 6.29. The minimum Gasteiger partial charge on any atom is -0.489 e. The zero-order valence-electron chi connectivity index (χ0n) is 16.8. The first-order valence-corrected chi connectivity index (χ1v) is 10.2. The largest absolute Gasteiger partial charge is 0.489 e. The van der Waals surface area contributed by atoms with Gasteiger partial charge in [0.25, 0.3) is 0 Å². The fourth-order valence-electron chi connectivity index (χ4n) is 2.80. The first-order chi connectivity index (χ1) is 14.0. The van der Waals surface area contributed by atoms with Gasteiger partial charge < -0.3 is 15.4 Å². The number of nitrogens with zero attached hydrogens (tertiary/aromatic N) is 2. The third-order valence-corrected chi connectivity index (χ3v) is 5.39. The van der Waals surface area contributed by atoms with E-state index < -0.39 is 0 Å². The summed E-state index contributed by atoms with van der Waals surface area (Å²) in [6.07, 6.45) is 0. The number of thiazole rings is 1. The topological polar surface area (TPSA) is 58.5 Å². The van der Waals surface area contributed by atoms with Crippen molar-refractivity contribution in [3.8, 4) is 5.75 Å². The highest BCUT2D eigenvalue weighted by molar-refractivity contribution is 7.11. The van der Waals surface area contributed by atoms with Crippen molar-refractivity contribution in [2.24, 2.45) is 4.99 Å². The normalized spacial score (nSPS) is 11.4. The number of aliphatic imine (C=N–C) groups is 1. The molecule has 2 N–H and O–H groups in total. The van der Waals surface area contributed by atoms with Gasteiger partial charge in [-0.25, -0.2) is 9.37 Å². The lowest BCUT2D eigenvalue weighted by atomic mass is 10.2. The van der Waals surface area contributed by atoms with Crippen molar-refractivity contribution in [2.45, 2.75) is 33.5 Å². The van der Waals surface area contributed by atoms with Gasteiger partial charge >= 0.3 is 0 Å². The van der Waals surface area contributed by atoms with E-state index in [0.717, 1.165) is 33.5 Å². The number of hydrogen-bond donors (Lipinski definition) is 2. The highest BCUT2D eigenvalue weighted by Crippen LogP contribution is 2.17. The molecule has 0 unspecified atom stereocenters. The Labute approximate surface area is 174 Å². The number of halogens is 1. The molecule has 29 heavy (non-hydrogen) atoms. The van der Waals surface area contributed by atoms with Gasteiger partial charge in [-0.15, -0.1) is 11.3 Å². The van der Waals surface area contributed by atoms with Crippen molar-refractivity contribution in [3.05, 3.63) is 81.1 Å². The van der Waals surface area contributed by atoms with Gasteiger partial charge in [0.15, 0.2) is 5.96 Å². The van der Waals surface area contributed by atoms with Gasteiger partial charge in [-0.05, 0) is 49.2 Å². The first kappa shape index (κ1) is 20.8. The van der Waals surface area contributed by atoms with E-state index in [1.165, 1.54) is 17.0 Å². The Kier molecular flexibility index (Phi) is 7.19. The molecule has 0 saturated heterocycles. The summed E-state index contributed by atoms with van der Waals surface area (Å²) in [6.45, 7) is 5.71. The maximum atomic E-state index is 13.2. The summed E-state index contributed by atoms with van der Waals surface area (Å²) in [5.74, 6) is 1.23. The lowest BCUT2D eigenvalue weighted by Gasteiger charge is -2.12. The van der Waals surface area contributed by atoms with E-state index in [9.17, 15) is 4.39 Å². The SMILES string of the molecule is CN=C(NCc1ccc(OCc2cccc(F)c2)cc1)NCc1sc(C)nc1C. The standard InChI is InChI=1S/C22H25FN4OS/c1-15-21(29-16(2)27-15)13-26-22(24-3)25-12-17-7-9-20(10-8-17)28-14-18-5-4-6-19(23)11-18/h4-11H,12-14H2,1-3H3,(H2,24,25,26). The van der Waals surface area contributed by atoms with Gasteiger partial charge in [0.1, 0.15) is 18.2 Å². The lowest BCUT2D eigenvalue weighted by molar-refractivity contribution is 0.305. The highest BCUT2D eigenvalue weighted by Gasteiger charge is 2.06. The van der Waals surface area contributed by atoms with Crippen molar-refractivity contribution in [1.82, 2.24) is 15.6 Å². The van der Waals surface area contributed by atoms with E-state index >= 15 is 0 Å². The Morgan fingerprint density at radius 3 is 2.48 bits per heavy atom. The number of aromatic nitrogens is 1. The molecule has 0 atom stereocenters. The number of benzene rings is 2. The summed E-state index contributed by atoms with van der Waals surface area (Å²) < 4.78 is 18.9. The van der Waals surface area contributed by atoms with E-state index in [-0.39, 0.29) is 5.82 Å². The van der Waals surface area contributed by atoms with Crippen LogP contribution in [0.3, 0.4) is 0 Å². The monoisotopic (exact) mass is 412 g/mol. The third-order valence-electron chi connectivity index (χ3n) is 4.32. The smallest absolute Gasteiger partial charge is 0.191 e. The molecule has 7 heteroatoms. The Bertz CT molecular complexity index is 969. The van der Waals surface area contributed by atoms with Crippen LogP contribution in [0.4, 0.5) is 4.39 Å². The average Bonchev–Trinajstić information content (AvgIpc) is 3.04. The van der Waals surface area contributed by atoms with Crippen LogP contribution in [-0.2, 0) is 19.7 Å². The van der Waals surface area contributed by atoms with E-state index in [2.05, 4.69) is 20.6 Å². The van der Waals surface area contributed by atoms with Gasteiger partial charge in [-0.1, -0.05) is 24.3 Å². The van der Waals surface area contributed by atoms with Crippen LogP contribution in [0.2, 0.25) is 0 Å². The second kappa shape index (κ2) is 10.0. The molecular weight excluding hydrogens is 387 g/mol. The molecule has 1 aromatic heterocycles. The Hall–Kier alpha value is -2.93. The number of hydrogen-bond acceptors (Lipinski definition) is 4. The van der Waals surface area contributed by atoms with Crippen molar-refractivity contribution >= 4 is 17.3 Å². The van der Waals surface area contributed by atoms with E-state index in [0.29, 0.717) is 19.7 Å². The summed E-state index contributed by atoms with van der Waals surface area (Å²) in [5, 5.41) is 7.70. The molecule has 2 aromatic carbocycles. The van der Waals surface area contributed by atoms with Crippen LogP contribution in [-0.4, -0.2) is 18.0 Å². The second-order valence-electron chi connectivity index (χ2n) is 6.58. The summed E-state index contributed by atoms with van der Waals surface area (Å²) >= 11 is 1.70.